The summed E-state index contributed by atoms with van der Waals surface area (Å²) >= 11 is 3.22. The molecule has 0 spiro atoms. The van der Waals surface area contributed by atoms with Crippen LogP contribution in [0, 0.1) is 0 Å². The molecule has 0 saturated carbocycles. The summed E-state index contributed by atoms with van der Waals surface area (Å²) in [6.07, 6.45) is 1.56. The van der Waals surface area contributed by atoms with Crippen LogP contribution >= 0.6 is 28.3 Å². The zero-order valence-corrected chi connectivity index (χ0v) is 15.9. The van der Waals surface area contributed by atoms with E-state index in [0.29, 0.717) is 19.7 Å². The number of halogens is 2. The normalized spacial score (nSPS) is 10.0. The van der Waals surface area contributed by atoms with Crippen molar-refractivity contribution in [2.45, 2.75) is 19.6 Å². The van der Waals surface area contributed by atoms with Crippen molar-refractivity contribution in [1.29, 1.82) is 0 Å². The van der Waals surface area contributed by atoms with Crippen LogP contribution in [0.25, 0.3) is 0 Å². The summed E-state index contributed by atoms with van der Waals surface area (Å²) < 4.78 is 7.17. The van der Waals surface area contributed by atoms with Crippen LogP contribution in [-0.4, -0.2) is 28.5 Å². The second-order valence-electron chi connectivity index (χ2n) is 5.03. The zero-order valence-electron chi connectivity index (χ0n) is 13.5. The molecule has 1 heterocycles. The van der Waals surface area contributed by atoms with Gasteiger partial charge in [0, 0.05) is 26.1 Å². The molecule has 0 atom stereocenters. The van der Waals surface area contributed by atoms with Gasteiger partial charge >= 0.3 is 0 Å². The lowest BCUT2D eigenvalue weighted by molar-refractivity contribution is -0.121. The highest BCUT2D eigenvalue weighted by molar-refractivity contribution is 9.10. The number of aromatic nitrogens is 2. The number of rotatable bonds is 8. The number of carbonyl (C=O) groups is 1. The molecule has 7 nitrogen and oxygen atoms in total. The van der Waals surface area contributed by atoms with E-state index < -0.39 is 0 Å². The highest BCUT2D eigenvalue weighted by Gasteiger charge is 2.11. The van der Waals surface area contributed by atoms with Crippen molar-refractivity contribution < 1.29 is 9.53 Å². The Morgan fingerprint density at radius 1 is 1.32 bits per heavy atom. The minimum Gasteiger partial charge on any atom is -0.472 e. The molecular weight excluding hydrogens is 412 g/mol. The quantitative estimate of drug-likeness (QED) is 0.659. The van der Waals surface area contributed by atoms with Gasteiger partial charge in [-0.25, -0.2) is 4.98 Å². The Balaban J connectivity index is 0.00000312. The largest absolute Gasteiger partial charge is 0.472 e. The van der Waals surface area contributed by atoms with E-state index in [0.717, 1.165) is 5.56 Å². The van der Waals surface area contributed by atoms with Crippen molar-refractivity contribution in [3.63, 3.8) is 0 Å². The van der Waals surface area contributed by atoms with E-state index in [1.807, 2.05) is 30.3 Å². The van der Waals surface area contributed by atoms with Gasteiger partial charge in [-0.3, -0.25) is 14.2 Å². The Hall–Kier alpha value is -1.90. The van der Waals surface area contributed by atoms with Crippen LogP contribution in [0.3, 0.4) is 0 Å². The fourth-order valence-electron chi connectivity index (χ4n) is 1.96. The van der Waals surface area contributed by atoms with Gasteiger partial charge in [0.1, 0.15) is 17.4 Å². The van der Waals surface area contributed by atoms with E-state index >= 15 is 0 Å². The molecule has 2 aromatic rings. The summed E-state index contributed by atoms with van der Waals surface area (Å²) in [4.78, 5) is 28.0. The number of nitrogens with zero attached hydrogens (tertiary/aromatic N) is 2. The van der Waals surface area contributed by atoms with Gasteiger partial charge in [-0.15, -0.1) is 12.4 Å². The van der Waals surface area contributed by atoms with Crippen LogP contribution < -0.4 is 21.3 Å². The van der Waals surface area contributed by atoms with Gasteiger partial charge in [0.25, 0.3) is 5.56 Å². The van der Waals surface area contributed by atoms with Gasteiger partial charge < -0.3 is 15.8 Å². The van der Waals surface area contributed by atoms with Gasteiger partial charge in [-0.2, -0.15) is 0 Å². The van der Waals surface area contributed by atoms with Crippen LogP contribution in [0.2, 0.25) is 0 Å². The van der Waals surface area contributed by atoms with Gasteiger partial charge in [0.05, 0.1) is 0 Å². The molecule has 0 aliphatic heterocycles. The number of carbonyl (C=O) groups excluding carboxylic acids is 1. The van der Waals surface area contributed by atoms with Crippen LogP contribution in [0.1, 0.15) is 12.0 Å². The Morgan fingerprint density at radius 3 is 2.72 bits per heavy atom. The maximum Gasteiger partial charge on any atom is 0.271 e. The molecule has 136 valence electrons. The second kappa shape index (κ2) is 10.9. The summed E-state index contributed by atoms with van der Waals surface area (Å²) in [7, 11) is 0. The molecule has 0 radical (unpaired) electrons. The maximum absolute atomic E-state index is 12.3. The molecule has 0 bridgehead atoms. The third-order valence-corrected chi connectivity index (χ3v) is 3.89. The first kappa shape index (κ1) is 21.1. The number of benzene rings is 1. The summed E-state index contributed by atoms with van der Waals surface area (Å²) in [5.41, 5.74) is 6.00. The average Bonchev–Trinajstić information content (AvgIpc) is 2.61. The summed E-state index contributed by atoms with van der Waals surface area (Å²) in [6, 6.07) is 9.59. The summed E-state index contributed by atoms with van der Waals surface area (Å²) in [5.74, 6) is 0.0700. The van der Waals surface area contributed by atoms with Crippen LogP contribution in [-0.2, 0) is 17.9 Å². The molecule has 1 amide bonds. The summed E-state index contributed by atoms with van der Waals surface area (Å²) in [6.45, 7) is 1.35. The molecule has 0 saturated heterocycles. The van der Waals surface area contributed by atoms with Gasteiger partial charge in [-0.1, -0.05) is 30.3 Å². The zero-order chi connectivity index (χ0) is 17.4. The lowest BCUT2D eigenvalue weighted by Crippen LogP contribution is -2.31. The first-order valence-corrected chi connectivity index (χ1v) is 8.29. The van der Waals surface area contributed by atoms with E-state index in [9.17, 15) is 9.59 Å². The predicted molar refractivity (Wildman–Crippen MR) is 101 cm³/mol. The maximum atomic E-state index is 12.3. The molecule has 0 aliphatic rings. The molecular formula is C16H20BrClN4O3. The van der Waals surface area contributed by atoms with Gasteiger partial charge in [-0.05, 0) is 21.5 Å². The minimum absolute atomic E-state index is 0. The number of ether oxygens (including phenoxy) is 1. The molecule has 1 aromatic carbocycles. The number of nitrogens with two attached hydrogens (primary N) is 1. The van der Waals surface area contributed by atoms with E-state index in [2.05, 4.69) is 26.2 Å². The lowest BCUT2D eigenvalue weighted by atomic mass is 10.2. The third kappa shape index (κ3) is 6.49. The Labute approximate surface area is 160 Å². The van der Waals surface area contributed by atoms with Crippen molar-refractivity contribution >= 4 is 34.2 Å². The van der Waals surface area contributed by atoms with Crippen molar-refractivity contribution in [3.8, 4) is 5.88 Å². The fourth-order valence-corrected chi connectivity index (χ4v) is 2.40. The number of hydrogen-bond donors (Lipinski definition) is 2. The fraction of sp³-hybridized carbons (Fsp3) is 0.312. The Bertz CT molecular complexity index is 740. The van der Waals surface area contributed by atoms with Crippen molar-refractivity contribution in [2.24, 2.45) is 5.73 Å². The Kier molecular flexibility index (Phi) is 9.18. The van der Waals surface area contributed by atoms with Crippen molar-refractivity contribution in [1.82, 2.24) is 14.9 Å². The Morgan fingerprint density at radius 2 is 2.04 bits per heavy atom. The van der Waals surface area contributed by atoms with Crippen LogP contribution in [0.15, 0.2) is 45.9 Å². The standard InChI is InChI=1S/C16H19BrN4O3.ClH/c17-14-15(24-10-12-4-2-1-3-5-12)20-11-21(16(14)23)9-6-13(22)19-8-7-18;/h1-5,11H,6-10,18H2,(H,19,22);1H. The molecule has 25 heavy (non-hydrogen) atoms. The average molecular weight is 432 g/mol. The predicted octanol–water partition coefficient (Wildman–Crippen LogP) is 1.47. The van der Waals surface area contributed by atoms with E-state index in [1.165, 1.54) is 10.9 Å². The first-order chi connectivity index (χ1) is 11.6. The summed E-state index contributed by atoms with van der Waals surface area (Å²) in [5, 5.41) is 2.65. The van der Waals surface area contributed by atoms with Gasteiger partial charge in [0.15, 0.2) is 0 Å². The number of amides is 1. The van der Waals surface area contributed by atoms with E-state index in [-0.39, 0.29) is 47.2 Å². The SMILES string of the molecule is Cl.NCCNC(=O)CCn1cnc(OCc2ccccc2)c(Br)c1=O. The molecule has 2 rings (SSSR count). The molecule has 0 unspecified atom stereocenters. The molecule has 3 N–H and O–H groups in total. The second-order valence-corrected chi connectivity index (χ2v) is 5.82. The number of nitrogens with one attached hydrogen (secondary N) is 1. The first-order valence-electron chi connectivity index (χ1n) is 7.50. The van der Waals surface area contributed by atoms with E-state index in [4.69, 9.17) is 10.5 Å². The van der Waals surface area contributed by atoms with Gasteiger partial charge in [0.2, 0.25) is 11.8 Å². The van der Waals surface area contributed by atoms with Crippen molar-refractivity contribution in [3.05, 3.63) is 57.0 Å². The molecule has 0 fully saturated rings. The molecule has 0 aliphatic carbocycles. The lowest BCUT2D eigenvalue weighted by Gasteiger charge is -2.10. The third-order valence-electron chi connectivity index (χ3n) is 3.22. The number of aryl methyl sites for hydroxylation is 1. The monoisotopic (exact) mass is 430 g/mol. The number of hydrogen-bond acceptors (Lipinski definition) is 5. The van der Waals surface area contributed by atoms with Crippen LogP contribution in [0.4, 0.5) is 0 Å². The minimum atomic E-state index is -0.292. The smallest absolute Gasteiger partial charge is 0.271 e. The molecule has 1 aromatic heterocycles. The van der Waals surface area contributed by atoms with Crippen LogP contribution in [0.5, 0.6) is 5.88 Å². The topological polar surface area (TPSA) is 99.2 Å². The highest BCUT2D eigenvalue weighted by Crippen LogP contribution is 2.18. The molecule has 9 heteroatoms. The van der Waals surface area contributed by atoms with E-state index in [1.54, 1.807) is 0 Å². The highest BCUT2D eigenvalue weighted by atomic mass is 79.9. The van der Waals surface area contributed by atoms with Crippen molar-refractivity contribution in [2.75, 3.05) is 13.1 Å².